The number of halogens is 1. The first-order valence-corrected chi connectivity index (χ1v) is 6.22. The predicted octanol–water partition coefficient (Wildman–Crippen LogP) is 2.63. The third-order valence-electron chi connectivity index (χ3n) is 2.39. The van der Waals surface area contributed by atoms with Crippen LogP contribution in [-0.2, 0) is 0 Å². The fraction of sp³-hybridized carbons (Fsp3) is 0.500. The normalized spacial score (nSPS) is 10.2. The predicted molar refractivity (Wildman–Crippen MR) is 70.1 cm³/mol. The number of nitrogen functional groups attached to an aromatic ring is 1. The first-order chi connectivity index (χ1) is 8.13. The molecule has 94 valence electrons. The van der Waals surface area contributed by atoms with Gasteiger partial charge in [-0.15, -0.1) is 0 Å². The second kappa shape index (κ2) is 7.12. The minimum Gasteiger partial charge on any atom is -0.384 e. The topological polar surface area (TPSA) is 68.0 Å². The zero-order valence-corrected chi connectivity index (χ0v) is 10.8. The van der Waals surface area contributed by atoms with Crippen molar-refractivity contribution >= 4 is 23.3 Å². The van der Waals surface area contributed by atoms with E-state index in [2.05, 4.69) is 17.2 Å². The van der Waals surface area contributed by atoms with Gasteiger partial charge in [0.25, 0.3) is 5.91 Å². The van der Waals surface area contributed by atoms with Crippen LogP contribution in [0.4, 0.5) is 5.82 Å². The monoisotopic (exact) mass is 255 g/mol. The summed E-state index contributed by atoms with van der Waals surface area (Å²) in [5.41, 5.74) is 5.97. The molecule has 3 N–H and O–H groups in total. The van der Waals surface area contributed by atoms with Crippen molar-refractivity contribution in [3.05, 3.63) is 22.8 Å². The minimum atomic E-state index is -0.155. The van der Waals surface area contributed by atoms with Crippen molar-refractivity contribution in [2.75, 3.05) is 12.3 Å². The number of carbonyl (C=O) groups excluding carboxylic acids is 1. The Labute approximate surface area is 107 Å². The summed E-state index contributed by atoms with van der Waals surface area (Å²) >= 11 is 5.73. The Hall–Kier alpha value is -1.29. The Balaban J connectivity index is 2.41. The van der Waals surface area contributed by atoms with E-state index in [9.17, 15) is 4.79 Å². The maximum absolute atomic E-state index is 11.7. The molecule has 17 heavy (non-hydrogen) atoms. The minimum absolute atomic E-state index is 0.155. The van der Waals surface area contributed by atoms with Crippen molar-refractivity contribution in [1.29, 1.82) is 0 Å². The number of anilines is 1. The Morgan fingerprint density at radius 3 is 2.82 bits per heavy atom. The number of rotatable bonds is 6. The van der Waals surface area contributed by atoms with Gasteiger partial charge in [0, 0.05) is 12.1 Å². The van der Waals surface area contributed by atoms with E-state index >= 15 is 0 Å². The highest BCUT2D eigenvalue weighted by atomic mass is 35.5. The summed E-state index contributed by atoms with van der Waals surface area (Å²) in [5.74, 6) is 0.103. The molecule has 0 aromatic carbocycles. The van der Waals surface area contributed by atoms with Crippen LogP contribution in [0.15, 0.2) is 12.1 Å². The lowest BCUT2D eigenvalue weighted by atomic mass is 10.2. The van der Waals surface area contributed by atoms with Crippen LogP contribution in [0.2, 0.25) is 5.15 Å². The summed E-state index contributed by atoms with van der Waals surface area (Å²) < 4.78 is 0. The van der Waals surface area contributed by atoms with Crippen molar-refractivity contribution in [2.24, 2.45) is 0 Å². The number of hydrogen-bond donors (Lipinski definition) is 2. The molecule has 1 aromatic rings. The van der Waals surface area contributed by atoms with Crippen molar-refractivity contribution in [3.63, 3.8) is 0 Å². The highest BCUT2D eigenvalue weighted by Crippen LogP contribution is 2.11. The summed E-state index contributed by atoms with van der Waals surface area (Å²) in [6, 6.07) is 3.03. The molecule has 0 fully saturated rings. The number of aromatic nitrogens is 1. The Kier molecular flexibility index (Phi) is 5.77. The number of hydrogen-bond acceptors (Lipinski definition) is 3. The van der Waals surface area contributed by atoms with Crippen LogP contribution in [0.5, 0.6) is 0 Å². The molecule has 0 spiro atoms. The molecule has 1 rings (SSSR count). The summed E-state index contributed by atoms with van der Waals surface area (Å²) in [6.07, 6.45) is 4.51. The van der Waals surface area contributed by atoms with Crippen molar-refractivity contribution in [1.82, 2.24) is 10.3 Å². The van der Waals surface area contributed by atoms with E-state index in [1.165, 1.54) is 25.0 Å². The quantitative estimate of drug-likeness (QED) is 0.607. The highest BCUT2D eigenvalue weighted by molar-refractivity contribution is 6.29. The Morgan fingerprint density at radius 1 is 1.41 bits per heavy atom. The van der Waals surface area contributed by atoms with Gasteiger partial charge in [-0.1, -0.05) is 37.8 Å². The van der Waals surface area contributed by atoms with E-state index in [1.54, 1.807) is 0 Å². The summed E-state index contributed by atoms with van der Waals surface area (Å²) in [5, 5.41) is 3.07. The van der Waals surface area contributed by atoms with Gasteiger partial charge in [0.15, 0.2) is 0 Å². The first kappa shape index (κ1) is 13.8. The summed E-state index contributed by atoms with van der Waals surface area (Å²) in [4.78, 5) is 15.5. The van der Waals surface area contributed by atoms with Crippen LogP contribution in [0.1, 0.15) is 43.0 Å². The average molecular weight is 256 g/mol. The van der Waals surface area contributed by atoms with Gasteiger partial charge in [0.2, 0.25) is 0 Å². The van der Waals surface area contributed by atoms with Crippen molar-refractivity contribution < 1.29 is 4.79 Å². The lowest BCUT2D eigenvalue weighted by molar-refractivity contribution is 0.0953. The third-order valence-corrected chi connectivity index (χ3v) is 2.59. The van der Waals surface area contributed by atoms with Crippen molar-refractivity contribution in [3.8, 4) is 0 Å². The maximum atomic E-state index is 11.7. The third kappa shape index (κ3) is 5.04. The number of nitrogens with one attached hydrogen (secondary N) is 1. The lowest BCUT2D eigenvalue weighted by Gasteiger charge is -2.05. The number of nitrogens with two attached hydrogens (primary N) is 1. The molecule has 1 amide bonds. The number of nitrogens with zero attached hydrogens (tertiary/aromatic N) is 1. The van der Waals surface area contributed by atoms with Crippen LogP contribution >= 0.6 is 11.6 Å². The largest absolute Gasteiger partial charge is 0.384 e. The van der Waals surface area contributed by atoms with Crippen LogP contribution in [0.25, 0.3) is 0 Å². The molecular formula is C12H18ClN3O. The molecule has 0 radical (unpaired) electrons. The molecule has 1 aromatic heterocycles. The van der Waals surface area contributed by atoms with E-state index in [0.29, 0.717) is 12.1 Å². The molecule has 0 aliphatic rings. The molecule has 0 unspecified atom stereocenters. The van der Waals surface area contributed by atoms with E-state index in [-0.39, 0.29) is 16.9 Å². The van der Waals surface area contributed by atoms with Gasteiger partial charge >= 0.3 is 0 Å². The van der Waals surface area contributed by atoms with Crippen LogP contribution < -0.4 is 11.1 Å². The Bertz CT molecular complexity index is 362. The molecule has 0 bridgehead atoms. The summed E-state index contributed by atoms with van der Waals surface area (Å²) in [6.45, 7) is 2.83. The van der Waals surface area contributed by atoms with Crippen LogP contribution in [0, 0.1) is 0 Å². The van der Waals surface area contributed by atoms with Gasteiger partial charge in [-0.05, 0) is 18.6 Å². The van der Waals surface area contributed by atoms with Crippen LogP contribution in [0.3, 0.4) is 0 Å². The smallest absolute Gasteiger partial charge is 0.251 e. The van der Waals surface area contributed by atoms with E-state index in [4.69, 9.17) is 17.3 Å². The SMILES string of the molecule is CCCCCCNC(=O)c1cc(N)nc(Cl)c1. The van der Waals surface area contributed by atoms with Crippen LogP contribution in [-0.4, -0.2) is 17.4 Å². The van der Waals surface area contributed by atoms with E-state index in [1.807, 2.05) is 0 Å². The molecule has 4 nitrogen and oxygen atoms in total. The summed E-state index contributed by atoms with van der Waals surface area (Å²) in [7, 11) is 0. The zero-order valence-electron chi connectivity index (χ0n) is 10.0. The molecule has 1 heterocycles. The highest BCUT2D eigenvalue weighted by Gasteiger charge is 2.07. The number of carbonyl (C=O) groups is 1. The standard InChI is InChI=1S/C12H18ClN3O/c1-2-3-4-5-6-15-12(17)9-7-10(13)16-11(14)8-9/h7-8H,2-6H2,1H3,(H2,14,16)(H,15,17). The molecule has 0 saturated carbocycles. The molecule has 5 heteroatoms. The molecule has 0 saturated heterocycles. The van der Waals surface area contributed by atoms with Gasteiger partial charge in [-0.2, -0.15) is 0 Å². The molecular weight excluding hydrogens is 238 g/mol. The fourth-order valence-electron chi connectivity index (χ4n) is 1.50. The van der Waals surface area contributed by atoms with Crippen molar-refractivity contribution in [2.45, 2.75) is 32.6 Å². The van der Waals surface area contributed by atoms with Gasteiger partial charge < -0.3 is 11.1 Å². The van der Waals surface area contributed by atoms with Gasteiger partial charge in [-0.25, -0.2) is 4.98 Å². The molecule has 0 aliphatic heterocycles. The molecule has 0 atom stereocenters. The molecule has 0 aliphatic carbocycles. The number of pyridine rings is 1. The lowest BCUT2D eigenvalue weighted by Crippen LogP contribution is -2.24. The first-order valence-electron chi connectivity index (χ1n) is 5.84. The second-order valence-corrected chi connectivity index (χ2v) is 4.31. The van der Waals surface area contributed by atoms with E-state index < -0.39 is 0 Å². The van der Waals surface area contributed by atoms with E-state index in [0.717, 1.165) is 12.8 Å². The van der Waals surface area contributed by atoms with Gasteiger partial charge in [0.1, 0.15) is 11.0 Å². The number of unbranched alkanes of at least 4 members (excludes halogenated alkanes) is 3. The second-order valence-electron chi connectivity index (χ2n) is 3.92. The van der Waals surface area contributed by atoms with Gasteiger partial charge in [0.05, 0.1) is 0 Å². The Morgan fingerprint density at radius 2 is 2.18 bits per heavy atom. The maximum Gasteiger partial charge on any atom is 0.251 e. The zero-order chi connectivity index (χ0) is 12.7. The number of amides is 1. The van der Waals surface area contributed by atoms with Gasteiger partial charge in [-0.3, -0.25) is 4.79 Å². The average Bonchev–Trinajstić information content (AvgIpc) is 2.27. The fourth-order valence-corrected chi connectivity index (χ4v) is 1.72.